The standard InChI is InChI=1S/C11H16N2O/c12-10-8-1-6-14-9(8)7-11(10)2-4-13-5-3-11/h7,13H,1-6,12H2. The first-order valence-electron chi connectivity index (χ1n) is 5.38. The predicted octanol–water partition coefficient (Wildman–Crippen LogP) is 0.887. The van der Waals surface area contributed by atoms with Crippen LogP contribution in [-0.4, -0.2) is 19.7 Å². The molecule has 2 saturated heterocycles. The van der Waals surface area contributed by atoms with Crippen LogP contribution < -0.4 is 11.1 Å². The van der Waals surface area contributed by atoms with Crippen LogP contribution in [0.3, 0.4) is 0 Å². The smallest absolute Gasteiger partial charge is 0.121 e. The van der Waals surface area contributed by atoms with Crippen molar-refractivity contribution in [1.82, 2.24) is 5.32 Å². The van der Waals surface area contributed by atoms with Gasteiger partial charge in [0.1, 0.15) is 5.76 Å². The Morgan fingerprint density at radius 3 is 2.86 bits per heavy atom. The van der Waals surface area contributed by atoms with Gasteiger partial charge in [0.05, 0.1) is 6.61 Å². The lowest BCUT2D eigenvalue weighted by Gasteiger charge is -2.33. The van der Waals surface area contributed by atoms with Crippen molar-refractivity contribution < 1.29 is 4.74 Å². The Balaban J connectivity index is 2.00. The predicted molar refractivity (Wildman–Crippen MR) is 54.4 cm³/mol. The molecule has 2 aliphatic heterocycles. The van der Waals surface area contributed by atoms with Crippen molar-refractivity contribution in [3.05, 3.63) is 23.1 Å². The van der Waals surface area contributed by atoms with E-state index in [4.69, 9.17) is 10.5 Å². The van der Waals surface area contributed by atoms with Gasteiger partial charge in [0.25, 0.3) is 0 Å². The van der Waals surface area contributed by atoms with E-state index in [0.29, 0.717) is 0 Å². The fourth-order valence-electron chi connectivity index (χ4n) is 2.79. The van der Waals surface area contributed by atoms with E-state index in [1.165, 1.54) is 5.57 Å². The van der Waals surface area contributed by atoms with Crippen molar-refractivity contribution in [2.75, 3.05) is 19.7 Å². The summed E-state index contributed by atoms with van der Waals surface area (Å²) >= 11 is 0. The molecule has 0 aromatic carbocycles. The Morgan fingerprint density at radius 2 is 2.14 bits per heavy atom. The van der Waals surface area contributed by atoms with Crippen LogP contribution in [0.2, 0.25) is 0 Å². The molecule has 76 valence electrons. The van der Waals surface area contributed by atoms with Gasteiger partial charge in [-0.1, -0.05) is 0 Å². The molecular formula is C11H16N2O. The minimum atomic E-state index is 0.135. The third kappa shape index (κ3) is 0.960. The highest BCUT2D eigenvalue weighted by Crippen LogP contribution is 2.47. The first kappa shape index (κ1) is 8.36. The van der Waals surface area contributed by atoms with E-state index in [2.05, 4.69) is 11.4 Å². The normalized spacial score (nSPS) is 29.0. The summed E-state index contributed by atoms with van der Waals surface area (Å²) in [6.07, 6.45) is 5.52. The van der Waals surface area contributed by atoms with E-state index in [-0.39, 0.29) is 5.41 Å². The van der Waals surface area contributed by atoms with Crippen molar-refractivity contribution in [3.8, 4) is 0 Å². The fraction of sp³-hybridized carbons (Fsp3) is 0.636. The molecule has 0 saturated carbocycles. The molecule has 3 heteroatoms. The van der Waals surface area contributed by atoms with E-state index >= 15 is 0 Å². The Bertz CT molecular complexity index is 324. The van der Waals surface area contributed by atoms with Gasteiger partial charge >= 0.3 is 0 Å². The minimum absolute atomic E-state index is 0.135. The summed E-state index contributed by atoms with van der Waals surface area (Å²) in [5.41, 5.74) is 8.76. The van der Waals surface area contributed by atoms with Crippen LogP contribution >= 0.6 is 0 Å². The SMILES string of the molecule is NC1=C2CCOC2=CC12CCNCC2. The highest BCUT2D eigenvalue weighted by molar-refractivity contribution is 5.46. The highest BCUT2D eigenvalue weighted by Gasteiger charge is 2.41. The molecule has 3 nitrogen and oxygen atoms in total. The molecule has 3 aliphatic rings. The van der Waals surface area contributed by atoms with Crippen LogP contribution in [0.1, 0.15) is 19.3 Å². The largest absolute Gasteiger partial charge is 0.493 e. The van der Waals surface area contributed by atoms with Gasteiger partial charge in [-0.05, 0) is 32.0 Å². The topological polar surface area (TPSA) is 47.3 Å². The molecule has 3 rings (SSSR count). The number of hydrogen-bond donors (Lipinski definition) is 2. The van der Waals surface area contributed by atoms with Gasteiger partial charge in [0.15, 0.2) is 0 Å². The molecule has 0 unspecified atom stereocenters. The van der Waals surface area contributed by atoms with E-state index in [9.17, 15) is 0 Å². The molecule has 0 aromatic rings. The lowest BCUT2D eigenvalue weighted by atomic mass is 9.78. The van der Waals surface area contributed by atoms with Crippen molar-refractivity contribution in [1.29, 1.82) is 0 Å². The lowest BCUT2D eigenvalue weighted by molar-refractivity contribution is 0.254. The first-order valence-corrected chi connectivity index (χ1v) is 5.38. The summed E-state index contributed by atoms with van der Waals surface area (Å²) in [7, 11) is 0. The monoisotopic (exact) mass is 192 g/mol. The molecule has 3 N–H and O–H groups in total. The zero-order chi connectivity index (χ0) is 9.60. The van der Waals surface area contributed by atoms with Crippen LogP contribution in [0.25, 0.3) is 0 Å². The third-order valence-electron chi connectivity index (χ3n) is 3.67. The lowest BCUT2D eigenvalue weighted by Crippen LogP contribution is -2.38. The molecule has 2 heterocycles. The molecule has 0 aromatic heterocycles. The fourth-order valence-corrected chi connectivity index (χ4v) is 2.79. The number of hydrogen-bond acceptors (Lipinski definition) is 3. The van der Waals surface area contributed by atoms with Gasteiger partial charge in [-0.3, -0.25) is 0 Å². The second-order valence-corrected chi connectivity index (χ2v) is 4.41. The zero-order valence-electron chi connectivity index (χ0n) is 8.31. The van der Waals surface area contributed by atoms with Crippen LogP contribution in [0.4, 0.5) is 0 Å². The summed E-state index contributed by atoms with van der Waals surface area (Å²) in [5, 5.41) is 3.37. The van der Waals surface area contributed by atoms with E-state index in [1.807, 2.05) is 0 Å². The number of ether oxygens (including phenoxy) is 1. The molecule has 2 fully saturated rings. The number of fused-ring (bicyclic) bond motifs is 1. The van der Waals surface area contributed by atoms with Gasteiger partial charge in [-0.2, -0.15) is 0 Å². The maximum atomic E-state index is 6.25. The van der Waals surface area contributed by atoms with Gasteiger partial charge in [0.2, 0.25) is 0 Å². The van der Waals surface area contributed by atoms with Crippen molar-refractivity contribution in [2.45, 2.75) is 19.3 Å². The van der Waals surface area contributed by atoms with Gasteiger partial charge < -0.3 is 15.8 Å². The van der Waals surface area contributed by atoms with Gasteiger partial charge in [-0.15, -0.1) is 0 Å². The second-order valence-electron chi connectivity index (χ2n) is 4.41. The molecular weight excluding hydrogens is 176 g/mol. The Labute approximate surface area is 84.0 Å². The second kappa shape index (κ2) is 2.76. The molecule has 0 amide bonds. The minimum Gasteiger partial charge on any atom is -0.493 e. The first-order chi connectivity index (χ1) is 6.82. The number of nitrogens with one attached hydrogen (secondary N) is 1. The van der Waals surface area contributed by atoms with E-state index in [0.717, 1.165) is 50.4 Å². The maximum Gasteiger partial charge on any atom is 0.121 e. The summed E-state index contributed by atoms with van der Waals surface area (Å²) in [4.78, 5) is 0. The Kier molecular flexibility index (Phi) is 1.65. The van der Waals surface area contributed by atoms with Crippen LogP contribution in [0.5, 0.6) is 0 Å². The maximum absolute atomic E-state index is 6.25. The number of piperidine rings is 1. The van der Waals surface area contributed by atoms with Crippen molar-refractivity contribution in [2.24, 2.45) is 11.1 Å². The summed E-state index contributed by atoms with van der Waals surface area (Å²) in [5.74, 6) is 1.07. The molecule has 0 bridgehead atoms. The third-order valence-corrected chi connectivity index (χ3v) is 3.67. The Morgan fingerprint density at radius 1 is 1.36 bits per heavy atom. The molecule has 1 spiro atoms. The average molecular weight is 192 g/mol. The Hall–Kier alpha value is -0.960. The summed E-state index contributed by atoms with van der Waals surface area (Å²) < 4.78 is 5.58. The van der Waals surface area contributed by atoms with Crippen LogP contribution in [-0.2, 0) is 4.74 Å². The van der Waals surface area contributed by atoms with Gasteiger partial charge in [-0.25, -0.2) is 0 Å². The molecule has 1 aliphatic carbocycles. The molecule has 0 radical (unpaired) electrons. The van der Waals surface area contributed by atoms with Crippen LogP contribution in [0.15, 0.2) is 23.1 Å². The van der Waals surface area contributed by atoms with Crippen LogP contribution in [0, 0.1) is 5.41 Å². The number of nitrogens with two attached hydrogens (primary N) is 1. The number of rotatable bonds is 0. The number of allylic oxidation sites excluding steroid dienone is 2. The molecule has 0 atom stereocenters. The van der Waals surface area contributed by atoms with E-state index in [1.54, 1.807) is 0 Å². The van der Waals surface area contributed by atoms with Crippen molar-refractivity contribution in [3.63, 3.8) is 0 Å². The molecule has 14 heavy (non-hydrogen) atoms. The average Bonchev–Trinajstić information content (AvgIpc) is 2.73. The van der Waals surface area contributed by atoms with E-state index < -0.39 is 0 Å². The quantitative estimate of drug-likeness (QED) is 0.599. The van der Waals surface area contributed by atoms with Gasteiger partial charge in [0, 0.05) is 23.1 Å². The highest BCUT2D eigenvalue weighted by atomic mass is 16.5. The van der Waals surface area contributed by atoms with Crippen molar-refractivity contribution >= 4 is 0 Å². The summed E-state index contributed by atoms with van der Waals surface area (Å²) in [6.45, 7) is 2.95. The zero-order valence-corrected chi connectivity index (χ0v) is 8.31. The summed E-state index contributed by atoms with van der Waals surface area (Å²) in [6, 6.07) is 0.